The summed E-state index contributed by atoms with van der Waals surface area (Å²) in [7, 11) is 0. The number of benzene rings is 8. The molecule has 8 aromatic carbocycles. The smallest absolute Gasteiger partial charge is 0.143 e. The van der Waals surface area contributed by atoms with E-state index in [1.54, 1.807) is 17.0 Å². The quantitative estimate of drug-likeness (QED) is 0.190. The molecule has 0 radical (unpaired) electrons. The number of aryl methyl sites for hydroxylation is 1. The van der Waals surface area contributed by atoms with Crippen LogP contribution in [0.5, 0.6) is 0 Å². The second-order valence-corrected chi connectivity index (χ2v) is 12.8. The number of nitrogens with zero attached hydrogens (tertiary/aromatic N) is 2. The van der Waals surface area contributed by atoms with Crippen molar-refractivity contribution in [2.45, 2.75) is 6.85 Å². The van der Waals surface area contributed by atoms with Crippen molar-refractivity contribution >= 4 is 87.9 Å². The van der Waals surface area contributed by atoms with E-state index in [4.69, 9.17) is 15.4 Å². The van der Waals surface area contributed by atoms with E-state index in [1.807, 2.05) is 54.6 Å². The summed E-state index contributed by atoms with van der Waals surface area (Å²) in [5.74, 6) is 0. The summed E-state index contributed by atoms with van der Waals surface area (Å²) < 4.78 is 76.0. The largest absolute Gasteiger partial charge is 0.455 e. The Morgan fingerprint density at radius 2 is 1.28 bits per heavy atom. The van der Waals surface area contributed by atoms with Gasteiger partial charge in [0.2, 0.25) is 0 Å². The zero-order valence-electron chi connectivity index (χ0n) is 34.5. The van der Waals surface area contributed by atoms with Crippen molar-refractivity contribution < 1.29 is 15.4 Å². The molecule has 0 aliphatic heterocycles. The van der Waals surface area contributed by atoms with E-state index in [0.29, 0.717) is 11.4 Å². The molecule has 3 nitrogen and oxygen atoms in total. The molecule has 11 aromatic rings. The molecule has 0 N–H and O–H groups in total. The van der Waals surface area contributed by atoms with E-state index in [1.165, 1.54) is 12.1 Å². The van der Waals surface area contributed by atoms with E-state index in [2.05, 4.69) is 59.0 Å². The maximum Gasteiger partial charge on any atom is 0.143 e. The Hall–Kier alpha value is -6.58. The minimum Gasteiger partial charge on any atom is -0.455 e. The standard InChI is InChI=1S/C47H30N2O/c1-29-16-19-34(20-17-29)48(33-12-6-3-7-13-33)35-21-23-36-41-24-32(30-10-4-2-5-11-30)25-42-40-28-39-31(26-43(40)49(46(41)42)44(36)27-35)18-22-38-37-14-8-9-15-45(37)50-47(38)39/h2-28H,1H3/i1D3,3D,6D,7D,12D,13D. The second-order valence-electron chi connectivity index (χ2n) is 12.8. The van der Waals surface area contributed by atoms with E-state index < -0.39 is 25.0 Å². The monoisotopic (exact) mass is 646 g/mol. The highest BCUT2D eigenvalue weighted by molar-refractivity contribution is 6.27. The third-order valence-corrected chi connectivity index (χ3v) is 10.1. The van der Waals surface area contributed by atoms with Crippen molar-refractivity contribution in [1.82, 2.24) is 4.40 Å². The second kappa shape index (κ2) is 10.2. The summed E-state index contributed by atoms with van der Waals surface area (Å²) >= 11 is 0. The van der Waals surface area contributed by atoms with Crippen LogP contribution in [0.15, 0.2) is 168 Å². The van der Waals surface area contributed by atoms with Crippen LogP contribution in [-0.2, 0) is 0 Å². The highest BCUT2D eigenvalue weighted by Crippen LogP contribution is 2.46. The van der Waals surface area contributed by atoms with E-state index >= 15 is 0 Å². The lowest BCUT2D eigenvalue weighted by molar-refractivity contribution is 0.672. The van der Waals surface area contributed by atoms with Gasteiger partial charge in [-0.2, -0.15) is 0 Å². The zero-order valence-corrected chi connectivity index (χ0v) is 26.5. The fourth-order valence-corrected chi connectivity index (χ4v) is 7.84. The van der Waals surface area contributed by atoms with Gasteiger partial charge in [0.1, 0.15) is 11.2 Å². The van der Waals surface area contributed by atoms with Crippen LogP contribution in [0.25, 0.3) is 81.9 Å². The highest BCUT2D eigenvalue weighted by Gasteiger charge is 2.22. The minimum atomic E-state index is -2.35. The number of rotatable bonds is 4. The SMILES string of the molecule is [2H]c1c([2H])c([2H])c(N(c2ccc(C([2H])([2H])[2H])cc2)c2ccc3c4cc(-c5ccccc5)cc5c6cc7c(ccc8c9ccccc9oc78)cc6n(c3c2)c45)c([2H])c1[2H]. The van der Waals surface area contributed by atoms with Crippen LogP contribution in [0.4, 0.5) is 17.1 Å². The normalized spacial score (nSPS) is 14.6. The Bertz CT molecular complexity index is 3470. The van der Waals surface area contributed by atoms with Gasteiger partial charge in [-0.05, 0) is 96.1 Å². The summed E-state index contributed by atoms with van der Waals surface area (Å²) in [6.45, 7) is -2.35. The third-order valence-electron chi connectivity index (χ3n) is 10.1. The average molecular weight is 647 g/mol. The van der Waals surface area contributed by atoms with Crippen molar-refractivity contribution in [3.63, 3.8) is 0 Å². The fraction of sp³-hybridized carbons (Fsp3) is 0.0213. The first-order valence-corrected chi connectivity index (χ1v) is 16.5. The Balaban J connectivity index is 1.24. The number of hydrogen-bond donors (Lipinski definition) is 0. The van der Waals surface area contributed by atoms with Gasteiger partial charge in [-0.1, -0.05) is 96.5 Å². The summed E-state index contributed by atoms with van der Waals surface area (Å²) in [6.07, 6.45) is 0. The first-order valence-electron chi connectivity index (χ1n) is 20.5. The maximum absolute atomic E-state index is 9.00. The van der Waals surface area contributed by atoms with Crippen LogP contribution in [0.3, 0.4) is 0 Å². The lowest BCUT2D eigenvalue weighted by Crippen LogP contribution is -2.09. The number of aromatic nitrogens is 1. The molecule has 0 saturated heterocycles. The van der Waals surface area contributed by atoms with Crippen molar-refractivity contribution in [3.8, 4) is 11.1 Å². The first kappa shape index (κ1) is 20.7. The predicted molar refractivity (Wildman–Crippen MR) is 211 cm³/mol. The van der Waals surface area contributed by atoms with Gasteiger partial charge < -0.3 is 13.7 Å². The van der Waals surface area contributed by atoms with Gasteiger partial charge >= 0.3 is 0 Å². The van der Waals surface area contributed by atoms with Crippen molar-refractivity contribution in [1.29, 1.82) is 0 Å². The van der Waals surface area contributed by atoms with Gasteiger partial charge in [-0.25, -0.2) is 0 Å². The molecular weight excluding hydrogens is 609 g/mol. The van der Waals surface area contributed by atoms with Crippen molar-refractivity contribution in [3.05, 3.63) is 169 Å². The summed E-state index contributed by atoms with van der Waals surface area (Å²) in [5.41, 5.74) is 7.76. The average Bonchev–Trinajstić information content (AvgIpc) is 3.89. The van der Waals surface area contributed by atoms with Gasteiger partial charge in [0.05, 0.1) is 23.4 Å². The zero-order chi connectivity index (χ0) is 39.8. The molecule has 0 bridgehead atoms. The highest BCUT2D eigenvalue weighted by atomic mass is 16.3. The van der Waals surface area contributed by atoms with Gasteiger partial charge in [0.25, 0.3) is 0 Å². The summed E-state index contributed by atoms with van der Waals surface area (Å²) in [5, 5.41) is 8.29. The number of fused-ring (bicyclic) bond motifs is 11. The molecule has 50 heavy (non-hydrogen) atoms. The molecule has 0 aliphatic rings. The van der Waals surface area contributed by atoms with Crippen molar-refractivity contribution in [2.24, 2.45) is 0 Å². The summed E-state index contributed by atoms with van der Waals surface area (Å²) in [6, 6.07) is 41.4. The van der Waals surface area contributed by atoms with Crippen LogP contribution in [0, 0.1) is 6.85 Å². The van der Waals surface area contributed by atoms with Gasteiger partial charge in [-0.3, -0.25) is 0 Å². The number of furan rings is 1. The van der Waals surface area contributed by atoms with Crippen LogP contribution in [0.1, 0.15) is 16.5 Å². The molecule has 0 fully saturated rings. The van der Waals surface area contributed by atoms with E-state index in [9.17, 15) is 0 Å². The van der Waals surface area contributed by atoms with Crippen LogP contribution >= 0.6 is 0 Å². The first-order chi connectivity index (χ1) is 28.0. The molecule has 0 unspecified atom stereocenters. The number of para-hydroxylation sites is 2. The Labute approximate surface area is 299 Å². The lowest BCUT2D eigenvalue weighted by atomic mass is 9.98. The Morgan fingerprint density at radius 3 is 2.12 bits per heavy atom. The Kier molecular flexibility index (Phi) is 4.23. The van der Waals surface area contributed by atoms with E-state index in [0.717, 1.165) is 81.9 Å². The molecule has 11 rings (SSSR count). The predicted octanol–water partition coefficient (Wildman–Crippen LogP) is 13.3. The lowest BCUT2D eigenvalue weighted by Gasteiger charge is -2.25. The van der Waals surface area contributed by atoms with Crippen LogP contribution < -0.4 is 4.90 Å². The Morgan fingerprint density at radius 1 is 0.540 bits per heavy atom. The molecule has 0 saturated carbocycles. The maximum atomic E-state index is 9.00. The molecule has 234 valence electrons. The van der Waals surface area contributed by atoms with E-state index in [-0.39, 0.29) is 23.3 Å². The van der Waals surface area contributed by atoms with Crippen LogP contribution in [-0.4, -0.2) is 4.40 Å². The third kappa shape index (κ3) is 3.86. The molecule has 3 heteroatoms. The number of hydrogen-bond acceptors (Lipinski definition) is 2. The molecule has 3 heterocycles. The summed E-state index contributed by atoms with van der Waals surface area (Å²) in [4.78, 5) is 1.62. The molecule has 0 spiro atoms. The fourth-order valence-electron chi connectivity index (χ4n) is 7.84. The molecular formula is C47H30N2O. The molecule has 3 aromatic heterocycles. The molecule has 0 atom stereocenters. The molecule has 0 aliphatic carbocycles. The molecule has 0 amide bonds. The topological polar surface area (TPSA) is 20.8 Å². The number of anilines is 3. The van der Waals surface area contributed by atoms with Gasteiger partial charge in [-0.15, -0.1) is 0 Å². The van der Waals surface area contributed by atoms with Gasteiger partial charge in [0.15, 0.2) is 0 Å². The van der Waals surface area contributed by atoms with Gasteiger partial charge in [0, 0.05) is 58.9 Å². The minimum absolute atomic E-state index is 0.0437. The van der Waals surface area contributed by atoms with Crippen LogP contribution in [0.2, 0.25) is 0 Å². The van der Waals surface area contributed by atoms with Crippen molar-refractivity contribution in [2.75, 3.05) is 4.90 Å².